The molecule has 1 aliphatic rings. The van der Waals surface area contributed by atoms with Crippen LogP contribution in [0.3, 0.4) is 0 Å². The van der Waals surface area contributed by atoms with Crippen molar-refractivity contribution < 1.29 is 13.2 Å². The standard InChI is InChI=1S/C19H20ClNO3S/c1-13-8-9-17-16(11-13)19(21-18(22)7-4-10-20)15-6-3-2-5-14(15)12-25(17,23)24/h2-3,5-6,8-9,11,19H,4,7,10,12H2,1H3,(H,21,22). The maximum Gasteiger partial charge on any atom is 0.220 e. The number of carbonyl (C=O) groups is 1. The third-order valence-corrected chi connectivity index (χ3v) is 6.37. The van der Waals surface area contributed by atoms with E-state index in [4.69, 9.17) is 11.6 Å². The van der Waals surface area contributed by atoms with E-state index in [1.165, 1.54) is 0 Å². The van der Waals surface area contributed by atoms with E-state index in [1.807, 2.05) is 37.3 Å². The van der Waals surface area contributed by atoms with Crippen LogP contribution < -0.4 is 5.32 Å². The molecule has 4 nitrogen and oxygen atoms in total. The summed E-state index contributed by atoms with van der Waals surface area (Å²) in [5.74, 6) is 0.221. The number of sulfone groups is 1. The van der Waals surface area contributed by atoms with Crippen LogP contribution in [0.4, 0.5) is 0 Å². The number of benzene rings is 2. The van der Waals surface area contributed by atoms with Gasteiger partial charge in [-0.15, -0.1) is 11.6 Å². The Balaban J connectivity index is 2.15. The molecule has 2 aromatic carbocycles. The molecule has 1 atom stereocenters. The van der Waals surface area contributed by atoms with Crippen molar-refractivity contribution in [3.05, 3.63) is 64.7 Å². The predicted octanol–water partition coefficient (Wildman–Crippen LogP) is 3.51. The lowest BCUT2D eigenvalue weighted by Crippen LogP contribution is -2.30. The van der Waals surface area contributed by atoms with E-state index in [-0.39, 0.29) is 16.6 Å². The molecule has 2 aromatic rings. The maximum absolute atomic E-state index is 12.8. The van der Waals surface area contributed by atoms with Crippen LogP contribution in [0.5, 0.6) is 0 Å². The summed E-state index contributed by atoms with van der Waals surface area (Å²) in [4.78, 5) is 12.6. The molecule has 0 radical (unpaired) electrons. The normalized spacial score (nSPS) is 17.9. The largest absolute Gasteiger partial charge is 0.345 e. The van der Waals surface area contributed by atoms with Gasteiger partial charge in [-0.25, -0.2) is 8.42 Å². The highest BCUT2D eigenvalue weighted by Crippen LogP contribution is 2.36. The third-order valence-electron chi connectivity index (χ3n) is 4.37. The lowest BCUT2D eigenvalue weighted by Gasteiger charge is -2.21. The summed E-state index contributed by atoms with van der Waals surface area (Å²) in [5.41, 5.74) is 3.13. The van der Waals surface area contributed by atoms with Gasteiger partial charge in [0.05, 0.1) is 16.7 Å². The van der Waals surface area contributed by atoms with E-state index < -0.39 is 15.9 Å². The molecule has 1 N–H and O–H groups in total. The maximum atomic E-state index is 12.8. The van der Waals surface area contributed by atoms with Crippen LogP contribution >= 0.6 is 11.6 Å². The molecule has 1 heterocycles. The lowest BCUT2D eigenvalue weighted by atomic mass is 9.94. The van der Waals surface area contributed by atoms with Crippen LogP contribution in [0.1, 0.15) is 41.1 Å². The fourth-order valence-electron chi connectivity index (χ4n) is 3.19. The monoisotopic (exact) mass is 377 g/mol. The van der Waals surface area contributed by atoms with Crippen LogP contribution in [0.2, 0.25) is 0 Å². The first-order chi connectivity index (χ1) is 11.9. The van der Waals surface area contributed by atoms with Gasteiger partial charge >= 0.3 is 0 Å². The Hall–Kier alpha value is -1.85. The number of hydrogen-bond acceptors (Lipinski definition) is 3. The molecule has 25 heavy (non-hydrogen) atoms. The number of halogens is 1. The van der Waals surface area contributed by atoms with E-state index in [2.05, 4.69) is 5.32 Å². The van der Waals surface area contributed by atoms with E-state index in [1.54, 1.807) is 12.1 Å². The van der Waals surface area contributed by atoms with Gasteiger partial charge in [0.15, 0.2) is 9.84 Å². The zero-order valence-corrected chi connectivity index (χ0v) is 15.5. The second-order valence-corrected chi connectivity index (χ2v) is 8.63. The van der Waals surface area contributed by atoms with Crippen LogP contribution in [-0.2, 0) is 20.4 Å². The molecule has 1 amide bonds. The SMILES string of the molecule is Cc1ccc2c(c1)C(NC(=O)CCCCl)c1ccccc1CS2(=O)=O. The van der Waals surface area contributed by atoms with Crippen LogP contribution in [-0.4, -0.2) is 20.2 Å². The second-order valence-electron chi connectivity index (χ2n) is 6.29. The molecule has 1 aliphatic heterocycles. The van der Waals surface area contributed by atoms with Gasteiger partial charge in [0.2, 0.25) is 5.91 Å². The van der Waals surface area contributed by atoms with Gasteiger partial charge < -0.3 is 5.32 Å². The highest BCUT2D eigenvalue weighted by molar-refractivity contribution is 7.90. The van der Waals surface area contributed by atoms with Crippen molar-refractivity contribution in [2.45, 2.75) is 36.5 Å². The van der Waals surface area contributed by atoms with E-state index in [9.17, 15) is 13.2 Å². The summed E-state index contributed by atoms with van der Waals surface area (Å²) in [6.45, 7) is 1.91. The van der Waals surface area contributed by atoms with Crippen molar-refractivity contribution in [2.75, 3.05) is 5.88 Å². The first kappa shape index (κ1) is 18.0. The number of alkyl halides is 1. The first-order valence-electron chi connectivity index (χ1n) is 8.19. The highest BCUT2D eigenvalue weighted by Gasteiger charge is 2.32. The molecule has 3 rings (SSSR count). The topological polar surface area (TPSA) is 63.2 Å². The molecule has 0 saturated carbocycles. The van der Waals surface area contributed by atoms with E-state index in [0.29, 0.717) is 24.3 Å². The van der Waals surface area contributed by atoms with Crippen molar-refractivity contribution in [2.24, 2.45) is 0 Å². The van der Waals surface area contributed by atoms with Gasteiger partial charge in [0, 0.05) is 12.3 Å². The van der Waals surface area contributed by atoms with Crippen molar-refractivity contribution in [3.63, 3.8) is 0 Å². The Labute approximate surface area is 153 Å². The summed E-state index contributed by atoms with van der Waals surface area (Å²) >= 11 is 5.68. The number of carbonyl (C=O) groups excluding carboxylic acids is 1. The zero-order chi connectivity index (χ0) is 18.0. The average molecular weight is 378 g/mol. The number of nitrogens with one attached hydrogen (secondary N) is 1. The van der Waals surface area contributed by atoms with Crippen molar-refractivity contribution >= 4 is 27.3 Å². The minimum atomic E-state index is -3.47. The summed E-state index contributed by atoms with van der Waals surface area (Å²) < 4.78 is 25.7. The van der Waals surface area contributed by atoms with Crippen molar-refractivity contribution in [3.8, 4) is 0 Å². The lowest BCUT2D eigenvalue weighted by molar-refractivity contribution is -0.121. The molecule has 0 spiro atoms. The van der Waals surface area contributed by atoms with Gasteiger partial charge in [-0.2, -0.15) is 0 Å². The minimum absolute atomic E-state index is 0.0622. The smallest absolute Gasteiger partial charge is 0.220 e. The number of fused-ring (bicyclic) bond motifs is 2. The third kappa shape index (κ3) is 3.72. The van der Waals surface area contributed by atoms with Gasteiger partial charge in [-0.1, -0.05) is 42.0 Å². The fourth-order valence-corrected chi connectivity index (χ4v) is 4.96. The van der Waals surface area contributed by atoms with Crippen LogP contribution in [0.25, 0.3) is 0 Å². The molecule has 0 fully saturated rings. The van der Waals surface area contributed by atoms with Gasteiger partial charge in [0.1, 0.15) is 0 Å². The van der Waals surface area contributed by atoms with Crippen LogP contribution in [0, 0.1) is 6.92 Å². The Morgan fingerprint density at radius 2 is 1.96 bits per heavy atom. The van der Waals surface area contributed by atoms with E-state index in [0.717, 1.165) is 16.7 Å². The van der Waals surface area contributed by atoms with Crippen LogP contribution in [0.15, 0.2) is 47.4 Å². The molecule has 0 bridgehead atoms. The van der Waals surface area contributed by atoms with Crippen molar-refractivity contribution in [1.82, 2.24) is 5.32 Å². The highest BCUT2D eigenvalue weighted by atomic mass is 35.5. The zero-order valence-electron chi connectivity index (χ0n) is 14.0. The molecular formula is C19H20ClNO3S. The van der Waals surface area contributed by atoms with Gasteiger partial charge in [-0.3, -0.25) is 4.79 Å². The Bertz CT molecular complexity index is 909. The Morgan fingerprint density at radius 3 is 2.72 bits per heavy atom. The Morgan fingerprint density at radius 1 is 1.20 bits per heavy atom. The molecule has 0 aromatic heterocycles. The number of aryl methyl sites for hydroxylation is 1. The molecule has 6 heteroatoms. The molecule has 0 aliphatic carbocycles. The molecule has 132 valence electrons. The summed E-state index contributed by atoms with van der Waals surface area (Å²) in [6, 6.07) is 12.2. The minimum Gasteiger partial charge on any atom is -0.345 e. The molecular weight excluding hydrogens is 358 g/mol. The van der Waals surface area contributed by atoms with Crippen molar-refractivity contribution in [1.29, 1.82) is 0 Å². The van der Waals surface area contributed by atoms with Gasteiger partial charge in [-0.05, 0) is 36.1 Å². The average Bonchev–Trinajstić information content (AvgIpc) is 2.66. The first-order valence-corrected chi connectivity index (χ1v) is 10.4. The van der Waals surface area contributed by atoms with E-state index >= 15 is 0 Å². The number of amides is 1. The molecule has 1 unspecified atom stereocenters. The number of hydrogen-bond donors (Lipinski definition) is 1. The Kier molecular flexibility index (Phi) is 5.16. The fraction of sp³-hybridized carbons (Fsp3) is 0.316. The summed E-state index contributed by atoms with van der Waals surface area (Å²) in [7, 11) is -3.47. The predicted molar refractivity (Wildman–Crippen MR) is 98.5 cm³/mol. The summed E-state index contributed by atoms with van der Waals surface area (Å²) in [6.07, 6.45) is 0.900. The second kappa shape index (κ2) is 7.18. The molecule has 0 saturated heterocycles. The summed E-state index contributed by atoms with van der Waals surface area (Å²) in [5, 5.41) is 3.01. The van der Waals surface area contributed by atoms with Gasteiger partial charge in [0.25, 0.3) is 0 Å². The number of rotatable bonds is 4. The quantitative estimate of drug-likeness (QED) is 0.829.